The molecule has 0 unspecified atom stereocenters. The number of benzene rings is 1. The summed E-state index contributed by atoms with van der Waals surface area (Å²) in [5, 5.41) is 10.5. The number of hydrogen-bond donors (Lipinski definition) is 1. The second-order valence-corrected chi connectivity index (χ2v) is 7.72. The van der Waals surface area contributed by atoms with E-state index in [1.54, 1.807) is 18.4 Å². The number of nitrogens with two attached hydrogens (primary N) is 1. The average Bonchev–Trinajstić information content (AvgIpc) is 3.11. The van der Waals surface area contributed by atoms with Crippen molar-refractivity contribution in [2.75, 3.05) is 0 Å². The van der Waals surface area contributed by atoms with E-state index in [9.17, 15) is 21.6 Å². The molecule has 2 heterocycles. The summed E-state index contributed by atoms with van der Waals surface area (Å²) in [6, 6.07) is 8.19. The second-order valence-electron chi connectivity index (χ2n) is 5.27. The fourth-order valence-corrected chi connectivity index (χ4v) is 4.02. The van der Waals surface area contributed by atoms with Gasteiger partial charge >= 0.3 is 6.18 Å². The van der Waals surface area contributed by atoms with Gasteiger partial charge in [-0.05, 0) is 42.1 Å². The van der Waals surface area contributed by atoms with Crippen molar-refractivity contribution < 1.29 is 21.6 Å². The Balaban J connectivity index is 2.34. The Kier molecular flexibility index (Phi) is 4.21. The molecule has 0 atom stereocenters. The highest BCUT2D eigenvalue weighted by Crippen LogP contribution is 2.37. The molecule has 0 aliphatic heterocycles. The lowest BCUT2D eigenvalue weighted by atomic mass is 10.2. The number of aryl methyl sites for hydroxylation is 1. The van der Waals surface area contributed by atoms with E-state index >= 15 is 0 Å². The SMILES string of the molecule is Cc1ccsc1-c1cc(C(F)(F)F)nn1-c1ccccc1S(N)(=O)=O. The van der Waals surface area contributed by atoms with E-state index in [4.69, 9.17) is 5.14 Å². The third-order valence-electron chi connectivity index (χ3n) is 3.49. The van der Waals surface area contributed by atoms with Crippen LogP contribution in [0.3, 0.4) is 0 Å². The van der Waals surface area contributed by atoms with Gasteiger partial charge in [-0.1, -0.05) is 12.1 Å². The van der Waals surface area contributed by atoms with Crippen molar-refractivity contribution in [2.24, 2.45) is 5.14 Å². The number of thiophene rings is 1. The van der Waals surface area contributed by atoms with Crippen molar-refractivity contribution in [3.8, 4) is 16.3 Å². The molecule has 0 aliphatic carbocycles. The minimum atomic E-state index is -4.66. The number of alkyl halides is 3. The number of aromatic nitrogens is 2. The average molecular weight is 387 g/mol. The Morgan fingerprint density at radius 3 is 2.44 bits per heavy atom. The number of para-hydroxylation sites is 1. The van der Waals surface area contributed by atoms with Crippen LogP contribution in [0.4, 0.5) is 13.2 Å². The van der Waals surface area contributed by atoms with Gasteiger partial charge in [-0.2, -0.15) is 18.3 Å². The van der Waals surface area contributed by atoms with Gasteiger partial charge in [0.25, 0.3) is 0 Å². The predicted octanol–water partition coefficient (Wildman–Crippen LogP) is 3.58. The van der Waals surface area contributed by atoms with E-state index in [0.717, 1.165) is 16.3 Å². The van der Waals surface area contributed by atoms with Crippen molar-refractivity contribution in [3.63, 3.8) is 0 Å². The topological polar surface area (TPSA) is 78.0 Å². The molecule has 10 heteroatoms. The number of halogens is 3. The minimum absolute atomic E-state index is 0.0386. The van der Waals surface area contributed by atoms with E-state index in [-0.39, 0.29) is 16.3 Å². The molecule has 3 aromatic rings. The van der Waals surface area contributed by atoms with Crippen LogP contribution in [0.25, 0.3) is 16.3 Å². The normalized spacial score (nSPS) is 12.5. The molecule has 0 amide bonds. The number of nitrogens with zero attached hydrogens (tertiary/aromatic N) is 2. The van der Waals surface area contributed by atoms with Gasteiger partial charge in [-0.15, -0.1) is 11.3 Å². The Morgan fingerprint density at radius 2 is 1.88 bits per heavy atom. The molecule has 0 saturated carbocycles. The van der Waals surface area contributed by atoms with Crippen LogP contribution in [0.5, 0.6) is 0 Å². The summed E-state index contributed by atoms with van der Waals surface area (Å²) in [5.41, 5.74) is -0.244. The fourth-order valence-electron chi connectivity index (χ4n) is 2.37. The van der Waals surface area contributed by atoms with Gasteiger partial charge in [0.2, 0.25) is 10.0 Å². The largest absolute Gasteiger partial charge is 0.435 e. The van der Waals surface area contributed by atoms with Gasteiger partial charge in [0.15, 0.2) is 5.69 Å². The highest BCUT2D eigenvalue weighted by molar-refractivity contribution is 7.89. The molecule has 0 aliphatic rings. The van der Waals surface area contributed by atoms with Crippen molar-refractivity contribution in [1.29, 1.82) is 0 Å². The monoisotopic (exact) mass is 387 g/mol. The summed E-state index contributed by atoms with van der Waals surface area (Å²) in [6.07, 6.45) is -4.66. The van der Waals surface area contributed by atoms with E-state index in [0.29, 0.717) is 4.88 Å². The number of primary sulfonamides is 1. The maximum absolute atomic E-state index is 13.2. The quantitative estimate of drug-likeness (QED) is 0.746. The Hall–Kier alpha value is -2.17. The predicted molar refractivity (Wildman–Crippen MR) is 88.0 cm³/mol. The first kappa shape index (κ1) is 17.6. The third kappa shape index (κ3) is 3.32. The van der Waals surface area contributed by atoms with Crippen molar-refractivity contribution in [3.05, 3.63) is 53.0 Å². The van der Waals surface area contributed by atoms with Crippen LogP contribution < -0.4 is 5.14 Å². The lowest BCUT2D eigenvalue weighted by Crippen LogP contribution is -2.16. The third-order valence-corrected chi connectivity index (χ3v) is 5.49. The van der Waals surface area contributed by atoms with E-state index in [1.165, 1.54) is 35.6 Å². The molecular weight excluding hydrogens is 375 g/mol. The maximum Gasteiger partial charge on any atom is 0.435 e. The molecule has 132 valence electrons. The van der Waals surface area contributed by atoms with Gasteiger partial charge in [0.1, 0.15) is 4.90 Å². The first-order chi connectivity index (χ1) is 11.6. The smallest absolute Gasteiger partial charge is 0.230 e. The summed E-state index contributed by atoms with van der Waals surface area (Å²) in [5.74, 6) is 0. The molecule has 1 aromatic carbocycles. The van der Waals surface area contributed by atoms with Crippen LogP contribution in [0.15, 0.2) is 46.7 Å². The van der Waals surface area contributed by atoms with E-state index in [1.807, 2.05) is 0 Å². The summed E-state index contributed by atoms with van der Waals surface area (Å²) < 4.78 is 64.1. The zero-order valence-corrected chi connectivity index (χ0v) is 14.4. The highest BCUT2D eigenvalue weighted by Gasteiger charge is 2.36. The van der Waals surface area contributed by atoms with Crippen LogP contribution in [-0.4, -0.2) is 18.2 Å². The minimum Gasteiger partial charge on any atom is -0.230 e. The zero-order valence-electron chi connectivity index (χ0n) is 12.8. The van der Waals surface area contributed by atoms with Gasteiger partial charge in [-0.25, -0.2) is 18.2 Å². The Bertz CT molecular complexity index is 1040. The van der Waals surface area contributed by atoms with Gasteiger partial charge in [0.05, 0.1) is 16.3 Å². The molecular formula is C15H12F3N3O2S2. The van der Waals surface area contributed by atoms with Crippen LogP contribution in [0, 0.1) is 6.92 Å². The number of rotatable bonds is 3. The second kappa shape index (κ2) is 5.97. The molecule has 5 nitrogen and oxygen atoms in total. The highest BCUT2D eigenvalue weighted by atomic mass is 32.2. The molecule has 2 N–H and O–H groups in total. The zero-order chi connectivity index (χ0) is 18.4. The van der Waals surface area contributed by atoms with E-state index in [2.05, 4.69) is 5.10 Å². The van der Waals surface area contributed by atoms with Crippen LogP contribution in [0.2, 0.25) is 0 Å². The first-order valence-electron chi connectivity index (χ1n) is 6.93. The van der Waals surface area contributed by atoms with Crippen LogP contribution in [0.1, 0.15) is 11.3 Å². The number of sulfonamides is 1. The van der Waals surface area contributed by atoms with E-state index < -0.39 is 21.9 Å². The Labute approximate surface area is 145 Å². The summed E-state index contributed by atoms with van der Waals surface area (Å²) in [4.78, 5) is 0.259. The lowest BCUT2D eigenvalue weighted by molar-refractivity contribution is -0.141. The van der Waals surface area contributed by atoms with Crippen molar-refractivity contribution in [1.82, 2.24) is 9.78 Å². The molecule has 2 aromatic heterocycles. The fraction of sp³-hybridized carbons (Fsp3) is 0.133. The van der Waals surface area contributed by atoms with Crippen LogP contribution >= 0.6 is 11.3 Å². The molecule has 0 spiro atoms. The summed E-state index contributed by atoms with van der Waals surface area (Å²) >= 11 is 1.24. The van der Waals surface area contributed by atoms with Gasteiger partial charge < -0.3 is 0 Å². The molecule has 0 bridgehead atoms. The lowest BCUT2D eigenvalue weighted by Gasteiger charge is -2.11. The maximum atomic E-state index is 13.2. The van der Waals surface area contributed by atoms with Crippen molar-refractivity contribution in [2.45, 2.75) is 18.0 Å². The molecule has 3 rings (SSSR count). The molecule has 25 heavy (non-hydrogen) atoms. The van der Waals surface area contributed by atoms with Crippen molar-refractivity contribution >= 4 is 21.4 Å². The van der Waals surface area contributed by atoms with Gasteiger partial charge in [0, 0.05) is 0 Å². The van der Waals surface area contributed by atoms with Gasteiger partial charge in [-0.3, -0.25) is 0 Å². The number of hydrogen-bond acceptors (Lipinski definition) is 4. The first-order valence-corrected chi connectivity index (χ1v) is 9.35. The summed E-state index contributed by atoms with van der Waals surface area (Å²) in [6.45, 7) is 1.75. The molecule has 0 saturated heterocycles. The standard InChI is InChI=1S/C15H12F3N3O2S2/c1-9-6-7-24-14(9)11-8-13(15(16,17)18)20-21(11)10-4-2-3-5-12(10)25(19,22)23/h2-8H,1H3,(H2,19,22,23). The Morgan fingerprint density at radius 1 is 1.20 bits per heavy atom. The molecule has 0 fully saturated rings. The summed E-state index contributed by atoms with van der Waals surface area (Å²) in [7, 11) is -4.14. The van der Waals surface area contributed by atoms with Crippen LogP contribution in [-0.2, 0) is 16.2 Å². The molecule has 0 radical (unpaired) electrons.